The highest BCUT2D eigenvalue weighted by atomic mass is 16.6. The Labute approximate surface area is 151 Å². The van der Waals surface area contributed by atoms with Gasteiger partial charge in [-0.1, -0.05) is 0 Å². The predicted molar refractivity (Wildman–Crippen MR) is 93.8 cm³/mol. The van der Waals surface area contributed by atoms with Crippen molar-refractivity contribution in [3.63, 3.8) is 0 Å². The molecule has 26 heavy (non-hydrogen) atoms. The van der Waals surface area contributed by atoms with Gasteiger partial charge in [0, 0.05) is 44.7 Å². The van der Waals surface area contributed by atoms with E-state index in [0.717, 1.165) is 12.8 Å². The molecule has 0 radical (unpaired) electrons. The number of hydrogen-bond acceptors (Lipinski definition) is 5. The zero-order chi connectivity index (χ0) is 18.3. The molecular weight excluding hydrogens is 334 g/mol. The molecule has 4 rings (SSSR count). The highest BCUT2D eigenvalue weighted by Gasteiger charge is 2.48. The summed E-state index contributed by atoms with van der Waals surface area (Å²) in [5.41, 5.74) is 1.01. The molecule has 2 aliphatic heterocycles. The molecule has 7 heteroatoms. The Balaban J connectivity index is 1.40. The molecule has 0 unspecified atom stereocenters. The van der Waals surface area contributed by atoms with Crippen molar-refractivity contribution < 1.29 is 19.1 Å². The number of nitrogens with one attached hydrogen (secondary N) is 1. The van der Waals surface area contributed by atoms with E-state index in [2.05, 4.69) is 9.88 Å². The van der Waals surface area contributed by atoms with Gasteiger partial charge >= 0.3 is 11.9 Å². The smallest absolute Gasteiger partial charge is 0.355 e. The molecule has 4 atom stereocenters. The van der Waals surface area contributed by atoms with Crippen LogP contribution in [0, 0.1) is 0 Å². The maximum atomic E-state index is 12.4. The number of likely N-dealkylation sites (N-methyl/N-ethyl adjacent to an activating group) is 1. The van der Waals surface area contributed by atoms with E-state index >= 15 is 0 Å². The first-order valence-electron chi connectivity index (χ1n) is 8.91. The number of carbonyl (C=O) groups is 2. The lowest BCUT2D eigenvalue weighted by atomic mass is 10.00. The first-order valence-corrected chi connectivity index (χ1v) is 8.91. The second-order valence-electron chi connectivity index (χ2n) is 7.15. The summed E-state index contributed by atoms with van der Waals surface area (Å²) < 4.78 is 13.2. The van der Waals surface area contributed by atoms with Crippen LogP contribution in [0.15, 0.2) is 36.7 Å². The molecule has 0 aliphatic carbocycles. The fourth-order valence-corrected chi connectivity index (χ4v) is 4.14. The van der Waals surface area contributed by atoms with Crippen LogP contribution in [0.5, 0.6) is 0 Å². The minimum atomic E-state index is -0.335. The molecular formula is C19H23N3O4. The lowest BCUT2D eigenvalue weighted by Gasteiger charge is -2.36. The Hall–Kier alpha value is -2.54. The SMILES string of the molecule is CN1[C@@H]2C[C@@H](OC(=O)c3cccn3C)C[C@H]1[C@@H](OC(=O)c1ccc[nH]1)C2. The van der Waals surface area contributed by atoms with Crippen LogP contribution in [0.25, 0.3) is 0 Å². The number of carbonyl (C=O) groups excluding carboxylic acids is 2. The normalized spacial score (nSPS) is 28.1. The van der Waals surface area contributed by atoms with Crippen LogP contribution in [-0.2, 0) is 16.5 Å². The molecule has 2 saturated heterocycles. The highest BCUT2D eigenvalue weighted by molar-refractivity contribution is 5.88. The summed E-state index contributed by atoms with van der Waals surface area (Å²) in [7, 11) is 3.87. The molecule has 0 spiro atoms. The van der Waals surface area contributed by atoms with Gasteiger partial charge in [-0.15, -0.1) is 0 Å². The van der Waals surface area contributed by atoms with Crippen molar-refractivity contribution in [3.8, 4) is 0 Å². The molecule has 138 valence electrons. The third kappa shape index (κ3) is 3.03. The summed E-state index contributed by atoms with van der Waals surface area (Å²) in [5.74, 6) is -0.635. The second-order valence-corrected chi connectivity index (χ2v) is 7.15. The van der Waals surface area contributed by atoms with Crippen LogP contribution in [0.2, 0.25) is 0 Å². The lowest BCUT2D eigenvalue weighted by Crippen LogP contribution is -2.46. The Kier molecular flexibility index (Phi) is 4.32. The molecule has 4 heterocycles. The van der Waals surface area contributed by atoms with Crippen molar-refractivity contribution in [2.24, 2.45) is 7.05 Å². The molecule has 2 aromatic rings. The molecule has 7 nitrogen and oxygen atoms in total. The average Bonchev–Trinajstić information content (AvgIpc) is 3.30. The number of H-pyrrole nitrogens is 1. The number of piperidine rings is 1. The summed E-state index contributed by atoms with van der Waals surface area (Å²) >= 11 is 0. The number of esters is 2. The number of aromatic amines is 1. The minimum absolute atomic E-state index is 0.0684. The van der Waals surface area contributed by atoms with Gasteiger partial charge in [0.15, 0.2) is 0 Å². The van der Waals surface area contributed by atoms with Gasteiger partial charge in [-0.25, -0.2) is 9.59 Å². The van der Waals surface area contributed by atoms with E-state index in [1.54, 1.807) is 29.0 Å². The fourth-order valence-electron chi connectivity index (χ4n) is 4.14. The number of hydrogen-bond donors (Lipinski definition) is 1. The van der Waals surface area contributed by atoms with Crippen molar-refractivity contribution in [2.45, 2.75) is 43.6 Å². The van der Waals surface area contributed by atoms with Gasteiger partial charge in [-0.3, -0.25) is 4.90 Å². The standard InChI is InChI=1S/C19H23N3O4/c1-21-8-4-6-15(21)19(24)25-13-9-12-10-17(16(11-13)22(12)2)26-18(23)14-5-3-7-20-14/h3-8,12-13,16-17,20H,9-11H2,1-2H3/t12-,13-,16+,17+/m1/s1. The van der Waals surface area contributed by atoms with Crippen LogP contribution in [0.3, 0.4) is 0 Å². The topological polar surface area (TPSA) is 76.6 Å². The molecule has 0 saturated carbocycles. The van der Waals surface area contributed by atoms with Crippen molar-refractivity contribution in [1.82, 2.24) is 14.5 Å². The largest absolute Gasteiger partial charge is 0.458 e. The fraction of sp³-hybridized carbons (Fsp3) is 0.474. The van der Waals surface area contributed by atoms with Gasteiger partial charge in [0.05, 0.1) is 6.04 Å². The second kappa shape index (κ2) is 6.64. The summed E-state index contributed by atoms with van der Waals surface area (Å²) in [6.07, 6.45) is 5.40. The summed E-state index contributed by atoms with van der Waals surface area (Å²) in [6, 6.07) is 7.38. The Morgan fingerprint density at radius 3 is 2.62 bits per heavy atom. The summed E-state index contributed by atoms with van der Waals surface area (Å²) in [6.45, 7) is 0. The van der Waals surface area contributed by atoms with Crippen LogP contribution >= 0.6 is 0 Å². The van der Waals surface area contributed by atoms with Crippen LogP contribution in [-0.4, -0.2) is 57.7 Å². The summed E-state index contributed by atoms with van der Waals surface area (Å²) in [4.78, 5) is 29.8. The number of aromatic nitrogens is 2. The number of ether oxygens (including phenoxy) is 2. The van der Waals surface area contributed by atoms with E-state index in [1.165, 1.54) is 0 Å². The van der Waals surface area contributed by atoms with Crippen molar-refractivity contribution in [3.05, 3.63) is 48.0 Å². The molecule has 2 aliphatic rings. The zero-order valence-corrected chi connectivity index (χ0v) is 14.9. The quantitative estimate of drug-likeness (QED) is 0.847. The molecule has 2 aromatic heterocycles. The first-order chi connectivity index (χ1) is 12.5. The third-order valence-electron chi connectivity index (χ3n) is 5.57. The number of rotatable bonds is 4. The molecule has 0 aromatic carbocycles. The number of fused-ring (bicyclic) bond motifs is 2. The van der Waals surface area contributed by atoms with Crippen LogP contribution in [0.1, 0.15) is 40.2 Å². The average molecular weight is 357 g/mol. The van der Waals surface area contributed by atoms with Crippen LogP contribution < -0.4 is 0 Å². The van der Waals surface area contributed by atoms with E-state index < -0.39 is 0 Å². The van der Waals surface area contributed by atoms with Crippen LogP contribution in [0.4, 0.5) is 0 Å². The monoisotopic (exact) mass is 357 g/mol. The van der Waals surface area contributed by atoms with Gasteiger partial charge in [-0.2, -0.15) is 0 Å². The lowest BCUT2D eigenvalue weighted by molar-refractivity contribution is -0.0158. The van der Waals surface area contributed by atoms with E-state index in [-0.39, 0.29) is 36.2 Å². The molecule has 1 N–H and O–H groups in total. The van der Waals surface area contributed by atoms with E-state index in [1.807, 2.05) is 26.4 Å². The van der Waals surface area contributed by atoms with Gasteiger partial charge in [0.1, 0.15) is 23.6 Å². The van der Waals surface area contributed by atoms with Crippen molar-refractivity contribution >= 4 is 11.9 Å². The van der Waals surface area contributed by atoms with Gasteiger partial charge in [0.2, 0.25) is 0 Å². The van der Waals surface area contributed by atoms with E-state index in [4.69, 9.17) is 9.47 Å². The maximum Gasteiger partial charge on any atom is 0.355 e. The van der Waals surface area contributed by atoms with E-state index in [0.29, 0.717) is 17.8 Å². The number of nitrogens with zero attached hydrogens (tertiary/aromatic N) is 2. The Bertz CT molecular complexity index is 798. The van der Waals surface area contributed by atoms with Gasteiger partial charge in [-0.05, 0) is 31.3 Å². The third-order valence-corrected chi connectivity index (χ3v) is 5.57. The van der Waals surface area contributed by atoms with E-state index in [9.17, 15) is 9.59 Å². The van der Waals surface area contributed by atoms with Crippen molar-refractivity contribution in [1.29, 1.82) is 0 Å². The van der Waals surface area contributed by atoms with Crippen molar-refractivity contribution in [2.75, 3.05) is 7.05 Å². The number of aryl methyl sites for hydroxylation is 1. The molecule has 0 amide bonds. The summed E-state index contributed by atoms with van der Waals surface area (Å²) in [5, 5.41) is 0. The Morgan fingerprint density at radius 2 is 1.92 bits per heavy atom. The molecule has 2 bridgehead atoms. The zero-order valence-electron chi connectivity index (χ0n) is 14.9. The van der Waals surface area contributed by atoms with Gasteiger partial charge in [0.25, 0.3) is 0 Å². The Morgan fingerprint density at radius 1 is 1.08 bits per heavy atom. The minimum Gasteiger partial charge on any atom is -0.458 e. The predicted octanol–water partition coefficient (Wildman–Crippen LogP) is 1.97. The highest BCUT2D eigenvalue weighted by Crippen LogP contribution is 2.38. The maximum absolute atomic E-state index is 12.4. The van der Waals surface area contributed by atoms with Gasteiger partial charge < -0.3 is 19.0 Å². The molecule has 2 fully saturated rings. The first kappa shape index (κ1) is 16.9.